The third-order valence-corrected chi connectivity index (χ3v) is 3.43. The molecule has 1 aliphatic heterocycles. The van der Waals surface area contributed by atoms with Gasteiger partial charge in [-0.1, -0.05) is 6.08 Å². The molecule has 1 amide bonds. The molecule has 1 atom stereocenters. The summed E-state index contributed by atoms with van der Waals surface area (Å²) in [4.78, 5) is 13.9. The fourth-order valence-electron chi connectivity index (χ4n) is 2.33. The Morgan fingerprint density at radius 1 is 1.61 bits per heavy atom. The van der Waals surface area contributed by atoms with Gasteiger partial charge in [0.15, 0.2) is 0 Å². The van der Waals surface area contributed by atoms with E-state index in [0.717, 1.165) is 19.5 Å². The van der Waals surface area contributed by atoms with Gasteiger partial charge in [0, 0.05) is 26.6 Å². The average molecular weight is 254 g/mol. The van der Waals surface area contributed by atoms with Crippen LogP contribution in [0.15, 0.2) is 12.7 Å². The van der Waals surface area contributed by atoms with E-state index in [1.807, 2.05) is 4.90 Å². The first-order chi connectivity index (χ1) is 8.77. The Labute approximate surface area is 110 Å². The van der Waals surface area contributed by atoms with Gasteiger partial charge in [-0.2, -0.15) is 0 Å². The third-order valence-electron chi connectivity index (χ3n) is 3.43. The highest BCUT2D eigenvalue weighted by Crippen LogP contribution is 2.16. The Hall–Kier alpha value is -0.870. The number of nitrogens with zero attached hydrogens (tertiary/aromatic N) is 1. The summed E-state index contributed by atoms with van der Waals surface area (Å²) in [5.74, 6) is 0.883. The van der Waals surface area contributed by atoms with Crippen LogP contribution < -0.4 is 5.32 Å². The normalized spacial score (nSPS) is 19.5. The summed E-state index contributed by atoms with van der Waals surface area (Å²) in [5, 5.41) is 3.39. The van der Waals surface area contributed by atoms with Gasteiger partial charge < -0.3 is 15.0 Å². The van der Waals surface area contributed by atoms with Crippen molar-refractivity contribution in [3.8, 4) is 0 Å². The monoisotopic (exact) mass is 254 g/mol. The largest absolute Gasteiger partial charge is 0.383 e. The van der Waals surface area contributed by atoms with E-state index in [-0.39, 0.29) is 5.91 Å². The van der Waals surface area contributed by atoms with Crippen molar-refractivity contribution in [1.82, 2.24) is 10.2 Å². The lowest BCUT2D eigenvalue weighted by Gasteiger charge is -2.25. The Morgan fingerprint density at radius 2 is 2.44 bits per heavy atom. The van der Waals surface area contributed by atoms with Gasteiger partial charge in [-0.3, -0.25) is 4.79 Å². The summed E-state index contributed by atoms with van der Waals surface area (Å²) in [6.07, 6.45) is 5.89. The molecule has 1 unspecified atom stereocenters. The lowest BCUT2D eigenvalue weighted by molar-refractivity contribution is -0.131. The maximum atomic E-state index is 12.1. The topological polar surface area (TPSA) is 41.6 Å². The molecule has 0 aliphatic carbocycles. The van der Waals surface area contributed by atoms with Crippen LogP contribution in [-0.2, 0) is 9.53 Å². The maximum absolute atomic E-state index is 12.1. The molecule has 104 valence electrons. The lowest BCUT2D eigenvalue weighted by atomic mass is 9.94. The Morgan fingerprint density at radius 3 is 3.06 bits per heavy atom. The van der Waals surface area contributed by atoms with Gasteiger partial charge in [0.1, 0.15) is 0 Å². The first kappa shape index (κ1) is 15.2. The van der Waals surface area contributed by atoms with Crippen molar-refractivity contribution in [3.63, 3.8) is 0 Å². The summed E-state index contributed by atoms with van der Waals surface area (Å²) in [6.45, 7) is 7.75. The van der Waals surface area contributed by atoms with Crippen LogP contribution in [0.4, 0.5) is 0 Å². The molecule has 4 heteroatoms. The molecule has 1 heterocycles. The number of methoxy groups -OCH3 is 1. The number of amides is 1. The summed E-state index contributed by atoms with van der Waals surface area (Å²) < 4.78 is 5.03. The molecule has 4 nitrogen and oxygen atoms in total. The second-order valence-electron chi connectivity index (χ2n) is 4.87. The molecule has 0 radical (unpaired) electrons. The molecule has 0 aromatic rings. The van der Waals surface area contributed by atoms with Gasteiger partial charge in [-0.15, -0.1) is 6.58 Å². The molecule has 1 saturated heterocycles. The smallest absolute Gasteiger partial charge is 0.222 e. The minimum Gasteiger partial charge on any atom is -0.383 e. The van der Waals surface area contributed by atoms with Crippen molar-refractivity contribution in [2.24, 2.45) is 5.92 Å². The van der Waals surface area contributed by atoms with Crippen LogP contribution in [0, 0.1) is 5.92 Å². The van der Waals surface area contributed by atoms with E-state index in [0.29, 0.717) is 32.0 Å². The predicted molar refractivity (Wildman–Crippen MR) is 73.5 cm³/mol. The van der Waals surface area contributed by atoms with Crippen LogP contribution in [0.1, 0.15) is 25.7 Å². The molecule has 0 spiro atoms. The maximum Gasteiger partial charge on any atom is 0.222 e. The Balaban J connectivity index is 2.28. The Kier molecular flexibility index (Phi) is 7.69. The highest BCUT2D eigenvalue weighted by Gasteiger charge is 2.17. The van der Waals surface area contributed by atoms with Crippen molar-refractivity contribution in [2.45, 2.75) is 25.7 Å². The highest BCUT2D eigenvalue weighted by molar-refractivity contribution is 5.76. The highest BCUT2D eigenvalue weighted by atomic mass is 16.5. The minimum atomic E-state index is 0.220. The van der Waals surface area contributed by atoms with E-state index in [1.165, 1.54) is 12.8 Å². The van der Waals surface area contributed by atoms with Crippen LogP contribution in [0.3, 0.4) is 0 Å². The summed E-state index contributed by atoms with van der Waals surface area (Å²) in [6, 6.07) is 0. The molecule has 1 fully saturated rings. The van der Waals surface area contributed by atoms with E-state index in [2.05, 4.69) is 11.9 Å². The number of hydrogen-bond acceptors (Lipinski definition) is 3. The molecule has 0 aromatic carbocycles. The van der Waals surface area contributed by atoms with E-state index < -0.39 is 0 Å². The number of carbonyl (C=O) groups excluding carboxylic acids is 1. The van der Waals surface area contributed by atoms with Gasteiger partial charge in [-0.25, -0.2) is 0 Å². The average Bonchev–Trinajstić information content (AvgIpc) is 2.42. The first-order valence-corrected chi connectivity index (χ1v) is 6.86. The number of carbonyl (C=O) groups is 1. The van der Waals surface area contributed by atoms with Crippen molar-refractivity contribution < 1.29 is 9.53 Å². The fourth-order valence-corrected chi connectivity index (χ4v) is 2.33. The first-order valence-electron chi connectivity index (χ1n) is 6.86. The molecule has 1 N–H and O–H groups in total. The van der Waals surface area contributed by atoms with Crippen molar-refractivity contribution >= 4 is 5.91 Å². The van der Waals surface area contributed by atoms with Crippen LogP contribution in [0.2, 0.25) is 0 Å². The second kappa shape index (κ2) is 9.11. The summed E-state index contributed by atoms with van der Waals surface area (Å²) in [5.41, 5.74) is 0. The quantitative estimate of drug-likeness (QED) is 0.666. The summed E-state index contributed by atoms with van der Waals surface area (Å²) >= 11 is 0. The molecule has 18 heavy (non-hydrogen) atoms. The second-order valence-corrected chi connectivity index (χ2v) is 4.87. The van der Waals surface area contributed by atoms with Crippen molar-refractivity contribution in [3.05, 3.63) is 12.7 Å². The zero-order chi connectivity index (χ0) is 13.2. The molecular formula is C14H26N2O2. The molecule has 0 saturated carbocycles. The number of piperidine rings is 1. The van der Waals surface area contributed by atoms with Gasteiger partial charge in [0.2, 0.25) is 5.91 Å². The van der Waals surface area contributed by atoms with Gasteiger partial charge in [0.25, 0.3) is 0 Å². The molecular weight excluding hydrogens is 228 g/mol. The van der Waals surface area contributed by atoms with Gasteiger partial charge >= 0.3 is 0 Å². The lowest BCUT2D eigenvalue weighted by Crippen LogP contribution is -2.35. The van der Waals surface area contributed by atoms with E-state index in [9.17, 15) is 4.79 Å². The van der Waals surface area contributed by atoms with E-state index in [1.54, 1.807) is 13.2 Å². The van der Waals surface area contributed by atoms with Crippen molar-refractivity contribution in [1.29, 1.82) is 0 Å². The molecule has 0 aromatic heterocycles. The van der Waals surface area contributed by atoms with Crippen molar-refractivity contribution in [2.75, 3.05) is 39.9 Å². The zero-order valence-corrected chi connectivity index (χ0v) is 11.5. The standard InChI is InChI=1S/C14H26N2O2/c1-3-9-16(10-11-18-2)14(17)7-6-13-5-4-8-15-12-13/h3,13,15H,1,4-12H2,2H3. The number of rotatable bonds is 8. The number of nitrogens with one attached hydrogen (secondary N) is 1. The van der Waals surface area contributed by atoms with Crippen LogP contribution in [0.5, 0.6) is 0 Å². The molecule has 1 aliphatic rings. The fraction of sp³-hybridized carbons (Fsp3) is 0.786. The molecule has 0 bridgehead atoms. The third kappa shape index (κ3) is 5.65. The zero-order valence-electron chi connectivity index (χ0n) is 11.5. The van der Waals surface area contributed by atoms with Crippen LogP contribution in [0.25, 0.3) is 0 Å². The Bertz CT molecular complexity index is 250. The van der Waals surface area contributed by atoms with Crippen LogP contribution in [-0.4, -0.2) is 50.7 Å². The van der Waals surface area contributed by atoms with Crippen LogP contribution >= 0.6 is 0 Å². The van der Waals surface area contributed by atoms with E-state index >= 15 is 0 Å². The minimum absolute atomic E-state index is 0.220. The predicted octanol–water partition coefficient (Wildman–Crippen LogP) is 1.43. The molecule has 1 rings (SSSR count). The number of hydrogen-bond donors (Lipinski definition) is 1. The summed E-state index contributed by atoms with van der Waals surface area (Å²) in [7, 11) is 1.66. The van der Waals surface area contributed by atoms with Gasteiger partial charge in [0.05, 0.1) is 6.61 Å². The SMILES string of the molecule is C=CCN(CCOC)C(=O)CCC1CCCNC1. The van der Waals surface area contributed by atoms with Gasteiger partial charge in [-0.05, 0) is 38.3 Å². The number of ether oxygens (including phenoxy) is 1. The van der Waals surface area contributed by atoms with E-state index in [4.69, 9.17) is 4.74 Å².